The van der Waals surface area contributed by atoms with E-state index >= 15 is 0 Å². The van der Waals surface area contributed by atoms with Crippen molar-refractivity contribution < 1.29 is 4.21 Å². The maximum atomic E-state index is 11.6. The molecule has 1 saturated heterocycles. The highest BCUT2D eigenvalue weighted by Crippen LogP contribution is 2.27. The van der Waals surface area contributed by atoms with Gasteiger partial charge in [0.05, 0.1) is 0 Å². The summed E-state index contributed by atoms with van der Waals surface area (Å²) in [5.74, 6) is 2.54. The van der Waals surface area contributed by atoms with Crippen LogP contribution in [-0.4, -0.2) is 52.8 Å². The molecule has 112 valence electrons. The Kier molecular flexibility index (Phi) is 6.82. The third-order valence-electron chi connectivity index (χ3n) is 4.69. The molecule has 1 N–H and O–H groups in total. The molecule has 1 aliphatic carbocycles. The summed E-state index contributed by atoms with van der Waals surface area (Å²) < 4.78 is 11.6. The van der Waals surface area contributed by atoms with Crippen molar-refractivity contribution in [3.8, 4) is 0 Å². The number of nitrogens with zero attached hydrogens (tertiary/aromatic N) is 1. The van der Waals surface area contributed by atoms with E-state index in [4.69, 9.17) is 0 Å². The molecule has 0 aromatic carbocycles. The molecular weight excluding hydrogens is 256 g/mol. The summed E-state index contributed by atoms with van der Waals surface area (Å²) in [6.07, 6.45) is 8.33. The van der Waals surface area contributed by atoms with E-state index in [9.17, 15) is 4.21 Å². The zero-order chi connectivity index (χ0) is 13.5. The first-order valence-electron chi connectivity index (χ1n) is 8.10. The van der Waals surface area contributed by atoms with Crippen LogP contribution in [0.3, 0.4) is 0 Å². The zero-order valence-electron chi connectivity index (χ0n) is 12.4. The van der Waals surface area contributed by atoms with Crippen LogP contribution in [0.1, 0.15) is 45.4 Å². The third-order valence-corrected chi connectivity index (χ3v) is 5.97. The van der Waals surface area contributed by atoms with Crippen LogP contribution in [0, 0.1) is 5.92 Å². The maximum Gasteiger partial charge on any atom is 0.0362 e. The Morgan fingerprint density at radius 2 is 2.00 bits per heavy atom. The van der Waals surface area contributed by atoms with Gasteiger partial charge in [-0.1, -0.05) is 26.2 Å². The third kappa shape index (κ3) is 5.16. The van der Waals surface area contributed by atoms with Crippen LogP contribution in [0.5, 0.6) is 0 Å². The van der Waals surface area contributed by atoms with Crippen LogP contribution in [-0.2, 0) is 10.8 Å². The number of hydrogen-bond donors (Lipinski definition) is 1. The Labute approximate surface area is 121 Å². The lowest BCUT2D eigenvalue weighted by Gasteiger charge is -2.32. The molecule has 1 saturated carbocycles. The molecule has 0 amide bonds. The van der Waals surface area contributed by atoms with Gasteiger partial charge in [0.2, 0.25) is 0 Å². The quantitative estimate of drug-likeness (QED) is 0.839. The molecule has 1 aliphatic heterocycles. The van der Waals surface area contributed by atoms with E-state index < -0.39 is 10.8 Å². The second-order valence-electron chi connectivity index (χ2n) is 6.05. The van der Waals surface area contributed by atoms with Crippen molar-refractivity contribution in [3.63, 3.8) is 0 Å². The normalized spacial score (nSPS) is 29.0. The highest BCUT2D eigenvalue weighted by Gasteiger charge is 2.26. The van der Waals surface area contributed by atoms with Crippen LogP contribution in [0.25, 0.3) is 0 Å². The summed E-state index contributed by atoms with van der Waals surface area (Å²) in [4.78, 5) is 2.55. The second-order valence-corrected chi connectivity index (χ2v) is 7.91. The van der Waals surface area contributed by atoms with Crippen molar-refractivity contribution in [2.75, 3.05) is 37.7 Å². The van der Waals surface area contributed by atoms with E-state index in [1.807, 2.05) is 6.92 Å². The van der Waals surface area contributed by atoms with Gasteiger partial charge in [-0.2, -0.15) is 0 Å². The van der Waals surface area contributed by atoms with Crippen molar-refractivity contribution in [2.45, 2.75) is 51.5 Å². The fourth-order valence-electron chi connectivity index (χ4n) is 3.45. The number of hydrogen-bond acceptors (Lipinski definition) is 3. The summed E-state index contributed by atoms with van der Waals surface area (Å²) >= 11 is 0. The molecule has 0 aromatic heterocycles. The van der Waals surface area contributed by atoms with Crippen molar-refractivity contribution in [3.05, 3.63) is 0 Å². The van der Waals surface area contributed by atoms with Gasteiger partial charge in [0.25, 0.3) is 0 Å². The van der Waals surface area contributed by atoms with E-state index in [0.29, 0.717) is 6.04 Å². The SMILES string of the molecule is CCS(=O)CCN1CCCNC(C2CCCCC2)C1. The molecule has 0 radical (unpaired) electrons. The molecule has 19 heavy (non-hydrogen) atoms. The van der Waals surface area contributed by atoms with Crippen LogP contribution >= 0.6 is 0 Å². The van der Waals surface area contributed by atoms with Gasteiger partial charge in [0.15, 0.2) is 0 Å². The first-order valence-corrected chi connectivity index (χ1v) is 9.59. The lowest BCUT2D eigenvalue weighted by molar-refractivity contribution is 0.213. The monoisotopic (exact) mass is 286 g/mol. The zero-order valence-corrected chi connectivity index (χ0v) is 13.2. The predicted octanol–water partition coefficient (Wildman–Crippen LogP) is 2.00. The van der Waals surface area contributed by atoms with Crippen LogP contribution < -0.4 is 5.32 Å². The highest BCUT2D eigenvalue weighted by atomic mass is 32.2. The van der Waals surface area contributed by atoms with E-state index in [1.165, 1.54) is 51.6 Å². The van der Waals surface area contributed by atoms with E-state index in [-0.39, 0.29) is 0 Å². The fraction of sp³-hybridized carbons (Fsp3) is 1.00. The summed E-state index contributed by atoms with van der Waals surface area (Å²) in [6, 6.07) is 0.679. The summed E-state index contributed by atoms with van der Waals surface area (Å²) in [5.41, 5.74) is 0. The van der Waals surface area contributed by atoms with E-state index in [2.05, 4.69) is 10.2 Å². The first-order chi connectivity index (χ1) is 9.29. The number of nitrogens with one attached hydrogen (secondary N) is 1. The van der Waals surface area contributed by atoms with Gasteiger partial charge in [-0.3, -0.25) is 4.21 Å². The van der Waals surface area contributed by atoms with Crippen LogP contribution in [0.4, 0.5) is 0 Å². The van der Waals surface area contributed by atoms with Gasteiger partial charge in [0, 0.05) is 41.4 Å². The lowest BCUT2D eigenvalue weighted by Crippen LogP contribution is -2.44. The molecule has 3 nitrogen and oxygen atoms in total. The molecule has 2 atom stereocenters. The van der Waals surface area contributed by atoms with E-state index in [0.717, 1.165) is 30.5 Å². The van der Waals surface area contributed by atoms with Crippen LogP contribution in [0.15, 0.2) is 0 Å². The lowest BCUT2D eigenvalue weighted by atomic mass is 9.83. The summed E-state index contributed by atoms with van der Waals surface area (Å²) in [6.45, 7) is 6.55. The van der Waals surface area contributed by atoms with Crippen molar-refractivity contribution in [1.29, 1.82) is 0 Å². The van der Waals surface area contributed by atoms with Crippen LogP contribution in [0.2, 0.25) is 0 Å². The molecule has 2 fully saturated rings. The Bertz CT molecular complexity index is 279. The maximum absolute atomic E-state index is 11.6. The average Bonchev–Trinajstić information content (AvgIpc) is 2.71. The Morgan fingerprint density at radius 1 is 1.21 bits per heavy atom. The van der Waals surface area contributed by atoms with Gasteiger partial charge in [0.1, 0.15) is 0 Å². The molecule has 2 rings (SSSR count). The van der Waals surface area contributed by atoms with Crippen molar-refractivity contribution >= 4 is 10.8 Å². The van der Waals surface area contributed by atoms with Crippen molar-refractivity contribution in [2.24, 2.45) is 5.92 Å². The fourth-order valence-corrected chi connectivity index (χ4v) is 4.21. The first kappa shape index (κ1) is 15.5. The van der Waals surface area contributed by atoms with Gasteiger partial charge in [-0.25, -0.2) is 0 Å². The predicted molar refractivity (Wildman–Crippen MR) is 83.0 cm³/mol. The van der Waals surface area contributed by atoms with Gasteiger partial charge in [-0.15, -0.1) is 0 Å². The number of rotatable bonds is 5. The van der Waals surface area contributed by atoms with Gasteiger partial charge < -0.3 is 10.2 Å². The topological polar surface area (TPSA) is 32.3 Å². The largest absolute Gasteiger partial charge is 0.312 e. The summed E-state index contributed by atoms with van der Waals surface area (Å²) in [7, 11) is -0.612. The molecule has 0 bridgehead atoms. The van der Waals surface area contributed by atoms with Gasteiger partial charge in [-0.05, 0) is 38.3 Å². The molecule has 0 spiro atoms. The minimum Gasteiger partial charge on any atom is -0.312 e. The Hall–Kier alpha value is 0.0700. The highest BCUT2D eigenvalue weighted by molar-refractivity contribution is 7.84. The molecular formula is C15H30N2OS. The average molecular weight is 286 g/mol. The second kappa shape index (κ2) is 8.38. The minimum atomic E-state index is -0.612. The Morgan fingerprint density at radius 3 is 2.74 bits per heavy atom. The van der Waals surface area contributed by atoms with E-state index in [1.54, 1.807) is 0 Å². The molecule has 4 heteroatoms. The minimum absolute atomic E-state index is 0.612. The van der Waals surface area contributed by atoms with Gasteiger partial charge >= 0.3 is 0 Å². The van der Waals surface area contributed by atoms with Crippen molar-refractivity contribution in [1.82, 2.24) is 10.2 Å². The molecule has 2 unspecified atom stereocenters. The summed E-state index contributed by atoms with van der Waals surface area (Å²) in [5, 5.41) is 3.77. The molecule has 0 aromatic rings. The Balaban J connectivity index is 1.81. The standard InChI is InChI=1S/C15H30N2OS/c1-2-19(18)12-11-17-10-6-9-16-15(13-17)14-7-4-3-5-8-14/h14-16H,2-13H2,1H3. The smallest absolute Gasteiger partial charge is 0.0362 e. The molecule has 1 heterocycles. The molecule has 2 aliphatic rings.